The molecule has 1 unspecified atom stereocenters. The van der Waals surface area contributed by atoms with Crippen molar-refractivity contribution in [2.45, 2.75) is 44.5 Å². The predicted octanol–water partition coefficient (Wildman–Crippen LogP) is 6.78. The molecular formula is C29H32Cl2N2O2S. The Balaban J connectivity index is 1.85. The Kier molecular flexibility index (Phi) is 11.7. The molecule has 3 rings (SSSR count). The second-order valence-corrected chi connectivity index (χ2v) is 10.3. The summed E-state index contributed by atoms with van der Waals surface area (Å²) in [5.41, 5.74) is 2.78. The lowest BCUT2D eigenvalue weighted by Crippen LogP contribution is -2.51. The van der Waals surface area contributed by atoms with Gasteiger partial charge in [0.2, 0.25) is 11.8 Å². The van der Waals surface area contributed by atoms with Gasteiger partial charge in [0.05, 0.1) is 5.75 Å². The molecule has 0 aromatic heterocycles. The van der Waals surface area contributed by atoms with E-state index in [1.165, 1.54) is 11.8 Å². The summed E-state index contributed by atoms with van der Waals surface area (Å²) in [5.74, 6) is 0.572. The van der Waals surface area contributed by atoms with E-state index in [4.69, 9.17) is 23.2 Å². The maximum atomic E-state index is 13.6. The molecule has 7 heteroatoms. The minimum atomic E-state index is -0.658. The lowest BCUT2D eigenvalue weighted by Gasteiger charge is -2.32. The molecule has 0 spiro atoms. The van der Waals surface area contributed by atoms with Gasteiger partial charge in [0.1, 0.15) is 6.04 Å². The molecule has 190 valence electrons. The fraction of sp³-hybridized carbons (Fsp3) is 0.310. The van der Waals surface area contributed by atoms with Crippen molar-refractivity contribution in [3.05, 3.63) is 106 Å². The van der Waals surface area contributed by atoms with Gasteiger partial charge in [0.25, 0.3) is 0 Å². The van der Waals surface area contributed by atoms with Gasteiger partial charge in [-0.1, -0.05) is 103 Å². The van der Waals surface area contributed by atoms with Crippen LogP contribution in [0.5, 0.6) is 0 Å². The van der Waals surface area contributed by atoms with Gasteiger partial charge >= 0.3 is 0 Å². The standard InChI is InChI=1S/C29H32Cl2N2O2S/c1-2-3-17-32-29(35)27(18-22-11-5-4-6-12-22)33(19-23-13-7-9-15-25(23)30)28(34)21-36-20-24-14-8-10-16-26(24)31/h4-16,27H,2-3,17-21H2,1H3,(H,32,35). The van der Waals surface area contributed by atoms with Gasteiger partial charge in [-0.05, 0) is 35.2 Å². The fourth-order valence-corrected chi connectivity index (χ4v) is 5.21. The van der Waals surface area contributed by atoms with E-state index in [1.54, 1.807) is 11.0 Å². The molecule has 0 saturated carbocycles. The van der Waals surface area contributed by atoms with Crippen molar-refractivity contribution < 1.29 is 9.59 Å². The van der Waals surface area contributed by atoms with Crippen LogP contribution in [-0.2, 0) is 28.3 Å². The van der Waals surface area contributed by atoms with E-state index in [-0.39, 0.29) is 24.1 Å². The third-order valence-electron chi connectivity index (χ3n) is 5.84. The molecule has 1 N–H and O–H groups in total. The Morgan fingerprint density at radius 1 is 0.889 bits per heavy atom. The highest BCUT2D eigenvalue weighted by Crippen LogP contribution is 2.24. The van der Waals surface area contributed by atoms with E-state index in [9.17, 15) is 9.59 Å². The number of hydrogen-bond donors (Lipinski definition) is 1. The molecule has 0 aliphatic rings. The molecule has 0 aliphatic carbocycles. The van der Waals surface area contributed by atoms with Crippen LogP contribution in [0.1, 0.15) is 36.5 Å². The normalized spacial score (nSPS) is 11.6. The first-order chi connectivity index (χ1) is 17.5. The molecule has 0 aliphatic heterocycles. The average molecular weight is 544 g/mol. The highest BCUT2D eigenvalue weighted by atomic mass is 35.5. The van der Waals surface area contributed by atoms with Gasteiger partial charge < -0.3 is 10.2 Å². The number of hydrogen-bond acceptors (Lipinski definition) is 3. The molecule has 1 atom stereocenters. The first-order valence-electron chi connectivity index (χ1n) is 12.1. The van der Waals surface area contributed by atoms with Gasteiger partial charge in [0, 0.05) is 35.3 Å². The summed E-state index contributed by atoms with van der Waals surface area (Å²) in [6.07, 6.45) is 2.28. The third-order valence-corrected chi connectivity index (χ3v) is 7.54. The number of thioether (sulfide) groups is 1. The maximum absolute atomic E-state index is 13.6. The monoisotopic (exact) mass is 542 g/mol. The van der Waals surface area contributed by atoms with Crippen molar-refractivity contribution in [3.63, 3.8) is 0 Å². The summed E-state index contributed by atoms with van der Waals surface area (Å²) in [5, 5.41) is 4.30. The van der Waals surface area contributed by atoms with Crippen LogP contribution in [0.2, 0.25) is 10.0 Å². The van der Waals surface area contributed by atoms with Crippen LogP contribution >= 0.6 is 35.0 Å². The van der Waals surface area contributed by atoms with E-state index in [0.717, 1.165) is 29.5 Å². The van der Waals surface area contributed by atoms with Crippen molar-refractivity contribution >= 4 is 46.8 Å². The number of halogens is 2. The summed E-state index contributed by atoms with van der Waals surface area (Å²) < 4.78 is 0. The lowest BCUT2D eigenvalue weighted by atomic mass is 10.0. The molecule has 36 heavy (non-hydrogen) atoms. The number of nitrogens with zero attached hydrogens (tertiary/aromatic N) is 1. The summed E-state index contributed by atoms with van der Waals surface area (Å²) >= 11 is 14.2. The Hall–Kier alpha value is -2.47. The zero-order chi connectivity index (χ0) is 25.8. The molecule has 0 heterocycles. The second-order valence-electron chi connectivity index (χ2n) is 8.55. The first-order valence-corrected chi connectivity index (χ1v) is 14.1. The second kappa shape index (κ2) is 14.9. The molecule has 0 bridgehead atoms. The van der Waals surface area contributed by atoms with E-state index in [0.29, 0.717) is 28.8 Å². The number of rotatable bonds is 13. The molecule has 0 saturated heterocycles. The highest BCUT2D eigenvalue weighted by molar-refractivity contribution is 7.99. The van der Waals surface area contributed by atoms with Crippen LogP contribution in [0.25, 0.3) is 0 Å². The van der Waals surface area contributed by atoms with Crippen LogP contribution in [0.15, 0.2) is 78.9 Å². The van der Waals surface area contributed by atoms with E-state index >= 15 is 0 Å². The van der Waals surface area contributed by atoms with Gasteiger partial charge in [0.15, 0.2) is 0 Å². The maximum Gasteiger partial charge on any atom is 0.243 e. The van der Waals surface area contributed by atoms with E-state index < -0.39 is 6.04 Å². The van der Waals surface area contributed by atoms with E-state index in [2.05, 4.69) is 12.2 Å². The predicted molar refractivity (Wildman–Crippen MR) is 151 cm³/mol. The van der Waals surface area contributed by atoms with Crippen molar-refractivity contribution in [2.24, 2.45) is 0 Å². The molecular weight excluding hydrogens is 511 g/mol. The number of carbonyl (C=O) groups excluding carboxylic acids is 2. The zero-order valence-electron chi connectivity index (χ0n) is 20.5. The summed E-state index contributed by atoms with van der Waals surface area (Å²) in [6, 6.07) is 24.2. The fourth-order valence-electron chi connectivity index (χ4n) is 3.82. The van der Waals surface area contributed by atoms with Crippen molar-refractivity contribution in [3.8, 4) is 0 Å². The van der Waals surface area contributed by atoms with Gasteiger partial charge in [-0.2, -0.15) is 0 Å². The van der Waals surface area contributed by atoms with E-state index in [1.807, 2.05) is 72.8 Å². The van der Waals surface area contributed by atoms with Gasteiger partial charge in [-0.25, -0.2) is 0 Å². The minimum Gasteiger partial charge on any atom is -0.354 e. The Morgan fingerprint density at radius 2 is 1.50 bits per heavy atom. The summed E-state index contributed by atoms with van der Waals surface area (Å²) in [4.78, 5) is 28.7. The lowest BCUT2D eigenvalue weighted by molar-refractivity contribution is -0.139. The van der Waals surface area contributed by atoms with Crippen molar-refractivity contribution in [2.75, 3.05) is 12.3 Å². The quantitative estimate of drug-likeness (QED) is 0.242. The minimum absolute atomic E-state index is 0.112. The van der Waals surface area contributed by atoms with Crippen LogP contribution in [0.3, 0.4) is 0 Å². The number of benzene rings is 3. The first kappa shape index (κ1) is 28.1. The molecule has 3 aromatic rings. The van der Waals surface area contributed by atoms with Crippen LogP contribution in [-0.4, -0.2) is 35.1 Å². The number of unbranched alkanes of at least 4 members (excludes halogenated alkanes) is 1. The Morgan fingerprint density at radius 3 is 2.14 bits per heavy atom. The summed E-state index contributed by atoms with van der Waals surface area (Å²) in [7, 11) is 0. The molecule has 0 radical (unpaired) electrons. The average Bonchev–Trinajstić information content (AvgIpc) is 2.89. The smallest absolute Gasteiger partial charge is 0.243 e. The third kappa shape index (κ3) is 8.58. The summed E-state index contributed by atoms with van der Waals surface area (Å²) in [6.45, 7) is 2.91. The highest BCUT2D eigenvalue weighted by Gasteiger charge is 2.30. The molecule has 0 fully saturated rings. The molecule has 3 aromatic carbocycles. The Bertz CT molecular complexity index is 1130. The molecule has 4 nitrogen and oxygen atoms in total. The molecule has 2 amide bonds. The topological polar surface area (TPSA) is 49.4 Å². The largest absolute Gasteiger partial charge is 0.354 e. The number of nitrogens with one attached hydrogen (secondary N) is 1. The zero-order valence-corrected chi connectivity index (χ0v) is 22.8. The van der Waals surface area contributed by atoms with Crippen LogP contribution in [0, 0.1) is 0 Å². The number of carbonyl (C=O) groups is 2. The van der Waals surface area contributed by atoms with Gasteiger partial charge in [-0.15, -0.1) is 11.8 Å². The van der Waals surface area contributed by atoms with Gasteiger partial charge in [-0.3, -0.25) is 9.59 Å². The number of amides is 2. The van der Waals surface area contributed by atoms with Crippen LogP contribution < -0.4 is 5.32 Å². The Labute approximate surface area is 228 Å². The van der Waals surface area contributed by atoms with Crippen molar-refractivity contribution in [1.82, 2.24) is 10.2 Å². The SMILES string of the molecule is CCCCNC(=O)C(Cc1ccccc1)N(Cc1ccccc1Cl)C(=O)CSCc1ccccc1Cl. The van der Waals surface area contributed by atoms with Crippen molar-refractivity contribution in [1.29, 1.82) is 0 Å². The van der Waals surface area contributed by atoms with Crippen LogP contribution in [0.4, 0.5) is 0 Å².